The molecule has 0 aromatic heterocycles. The number of hydrogen-bond acceptors (Lipinski definition) is 3. The fourth-order valence-electron chi connectivity index (χ4n) is 3.17. The van der Waals surface area contributed by atoms with Crippen LogP contribution in [-0.2, 0) is 11.3 Å². The number of amides is 1. The molecular formula is C18H29N3O. The molecule has 1 aliphatic rings. The second kappa shape index (κ2) is 7.75. The normalized spacial score (nSPS) is 20.3. The van der Waals surface area contributed by atoms with Gasteiger partial charge in [-0.1, -0.05) is 30.3 Å². The van der Waals surface area contributed by atoms with E-state index in [2.05, 4.69) is 43.0 Å². The van der Waals surface area contributed by atoms with E-state index in [4.69, 9.17) is 5.73 Å². The number of carbonyl (C=O) groups is 1. The molecule has 2 rings (SSSR count). The van der Waals surface area contributed by atoms with Crippen LogP contribution in [0.4, 0.5) is 0 Å². The molecule has 122 valence electrons. The highest BCUT2D eigenvalue weighted by Gasteiger charge is 2.30. The van der Waals surface area contributed by atoms with E-state index in [-0.39, 0.29) is 11.9 Å². The van der Waals surface area contributed by atoms with Crippen LogP contribution in [0, 0.1) is 0 Å². The van der Waals surface area contributed by atoms with Gasteiger partial charge in [0.2, 0.25) is 5.91 Å². The summed E-state index contributed by atoms with van der Waals surface area (Å²) in [5.74, 6) is 0.0570. The Hall–Kier alpha value is -1.39. The van der Waals surface area contributed by atoms with Crippen molar-refractivity contribution in [3.63, 3.8) is 0 Å². The summed E-state index contributed by atoms with van der Waals surface area (Å²) in [7, 11) is 0. The first-order valence-corrected chi connectivity index (χ1v) is 8.33. The van der Waals surface area contributed by atoms with Gasteiger partial charge in [0.15, 0.2) is 0 Å². The lowest BCUT2D eigenvalue weighted by Gasteiger charge is -2.34. The second-order valence-electron chi connectivity index (χ2n) is 6.63. The number of nitrogens with zero attached hydrogens (tertiary/aromatic N) is 2. The van der Waals surface area contributed by atoms with Crippen molar-refractivity contribution in [2.24, 2.45) is 5.73 Å². The van der Waals surface area contributed by atoms with Crippen molar-refractivity contribution in [1.29, 1.82) is 0 Å². The molecule has 4 heteroatoms. The molecule has 1 heterocycles. The molecule has 1 aromatic rings. The Balaban J connectivity index is 2.01. The molecule has 1 aliphatic heterocycles. The zero-order valence-electron chi connectivity index (χ0n) is 14.0. The van der Waals surface area contributed by atoms with Crippen LogP contribution in [0.5, 0.6) is 0 Å². The number of rotatable bonds is 6. The van der Waals surface area contributed by atoms with Gasteiger partial charge in [0, 0.05) is 25.2 Å². The SMILES string of the molecule is CC(C)N(CC1CCCN1Cc1ccccc1)C(=O)[C@H](C)N. The Bertz CT molecular complexity index is 472. The molecule has 22 heavy (non-hydrogen) atoms. The summed E-state index contributed by atoms with van der Waals surface area (Å²) in [4.78, 5) is 16.8. The molecule has 1 fully saturated rings. The Morgan fingerprint density at radius 2 is 2.00 bits per heavy atom. The third-order valence-electron chi connectivity index (χ3n) is 4.43. The number of hydrogen-bond donors (Lipinski definition) is 1. The predicted molar refractivity (Wildman–Crippen MR) is 90.4 cm³/mol. The number of likely N-dealkylation sites (tertiary alicyclic amines) is 1. The Morgan fingerprint density at radius 1 is 1.32 bits per heavy atom. The van der Waals surface area contributed by atoms with E-state index >= 15 is 0 Å². The first kappa shape index (κ1) is 17.0. The standard InChI is InChI=1S/C18H29N3O/c1-14(2)21(18(22)15(3)19)13-17-10-7-11-20(17)12-16-8-5-4-6-9-16/h4-6,8-9,14-15,17H,7,10-13,19H2,1-3H3/t15-,17?/m0/s1. The largest absolute Gasteiger partial charge is 0.337 e. The van der Waals surface area contributed by atoms with Crippen molar-refractivity contribution < 1.29 is 4.79 Å². The minimum Gasteiger partial charge on any atom is -0.337 e. The van der Waals surface area contributed by atoms with Crippen LogP contribution in [0.3, 0.4) is 0 Å². The molecule has 4 nitrogen and oxygen atoms in total. The van der Waals surface area contributed by atoms with E-state index in [1.807, 2.05) is 11.0 Å². The minimum atomic E-state index is -0.425. The fourth-order valence-corrected chi connectivity index (χ4v) is 3.17. The summed E-state index contributed by atoms with van der Waals surface area (Å²) in [5, 5.41) is 0. The van der Waals surface area contributed by atoms with Crippen LogP contribution < -0.4 is 5.73 Å². The molecule has 1 aromatic carbocycles. The first-order chi connectivity index (χ1) is 10.5. The van der Waals surface area contributed by atoms with Gasteiger partial charge in [0.25, 0.3) is 0 Å². The molecule has 0 saturated carbocycles. The summed E-state index contributed by atoms with van der Waals surface area (Å²) >= 11 is 0. The van der Waals surface area contributed by atoms with Crippen molar-refractivity contribution in [2.75, 3.05) is 13.1 Å². The van der Waals surface area contributed by atoms with Gasteiger partial charge in [0.05, 0.1) is 6.04 Å². The van der Waals surface area contributed by atoms with Gasteiger partial charge in [-0.25, -0.2) is 0 Å². The highest BCUT2D eigenvalue weighted by atomic mass is 16.2. The summed E-state index contributed by atoms with van der Waals surface area (Å²) in [6, 6.07) is 10.8. The van der Waals surface area contributed by atoms with Crippen LogP contribution in [0.15, 0.2) is 30.3 Å². The van der Waals surface area contributed by atoms with Gasteiger partial charge in [-0.2, -0.15) is 0 Å². The maximum Gasteiger partial charge on any atom is 0.239 e. The van der Waals surface area contributed by atoms with Crippen molar-refractivity contribution in [2.45, 2.75) is 58.3 Å². The smallest absolute Gasteiger partial charge is 0.239 e. The van der Waals surface area contributed by atoms with Crippen LogP contribution in [0.25, 0.3) is 0 Å². The van der Waals surface area contributed by atoms with Crippen molar-refractivity contribution in [3.8, 4) is 0 Å². The monoisotopic (exact) mass is 303 g/mol. The molecule has 0 spiro atoms. The average Bonchev–Trinajstić information content (AvgIpc) is 2.91. The number of nitrogens with two attached hydrogens (primary N) is 1. The van der Waals surface area contributed by atoms with Crippen LogP contribution in [0.1, 0.15) is 39.2 Å². The first-order valence-electron chi connectivity index (χ1n) is 8.33. The lowest BCUT2D eigenvalue weighted by molar-refractivity contribution is -0.134. The maximum absolute atomic E-state index is 12.3. The van der Waals surface area contributed by atoms with Crippen molar-refractivity contribution in [3.05, 3.63) is 35.9 Å². The topological polar surface area (TPSA) is 49.6 Å². The molecule has 2 N–H and O–H groups in total. The molecular weight excluding hydrogens is 274 g/mol. The summed E-state index contributed by atoms with van der Waals surface area (Å²) in [6.45, 7) is 8.76. The number of carbonyl (C=O) groups excluding carboxylic acids is 1. The lowest BCUT2D eigenvalue weighted by Crippen LogP contribution is -2.50. The molecule has 0 aliphatic carbocycles. The minimum absolute atomic E-state index is 0.0570. The Kier molecular flexibility index (Phi) is 5.98. The van der Waals surface area contributed by atoms with Crippen molar-refractivity contribution in [1.82, 2.24) is 9.80 Å². The molecule has 0 bridgehead atoms. The van der Waals surface area contributed by atoms with Crippen LogP contribution in [0.2, 0.25) is 0 Å². The van der Waals surface area contributed by atoms with Gasteiger partial charge in [-0.3, -0.25) is 9.69 Å². The van der Waals surface area contributed by atoms with E-state index in [0.717, 1.165) is 26.1 Å². The summed E-state index contributed by atoms with van der Waals surface area (Å²) in [6.07, 6.45) is 2.36. The Labute approximate surface area is 134 Å². The van der Waals surface area contributed by atoms with E-state index in [9.17, 15) is 4.79 Å². The molecule has 1 unspecified atom stereocenters. The van der Waals surface area contributed by atoms with E-state index < -0.39 is 6.04 Å². The van der Waals surface area contributed by atoms with Crippen LogP contribution >= 0.6 is 0 Å². The second-order valence-corrected chi connectivity index (χ2v) is 6.63. The van der Waals surface area contributed by atoms with Gasteiger partial charge in [-0.05, 0) is 45.7 Å². The van der Waals surface area contributed by atoms with Crippen LogP contribution in [-0.4, -0.2) is 46.9 Å². The van der Waals surface area contributed by atoms with Gasteiger partial charge >= 0.3 is 0 Å². The number of benzene rings is 1. The summed E-state index contributed by atoms with van der Waals surface area (Å²) < 4.78 is 0. The molecule has 2 atom stereocenters. The highest BCUT2D eigenvalue weighted by molar-refractivity contribution is 5.81. The molecule has 1 saturated heterocycles. The Morgan fingerprint density at radius 3 is 2.59 bits per heavy atom. The fraction of sp³-hybridized carbons (Fsp3) is 0.611. The summed E-state index contributed by atoms with van der Waals surface area (Å²) in [5.41, 5.74) is 7.14. The third kappa shape index (κ3) is 4.31. The zero-order valence-corrected chi connectivity index (χ0v) is 14.0. The van der Waals surface area contributed by atoms with Crippen molar-refractivity contribution >= 4 is 5.91 Å². The van der Waals surface area contributed by atoms with Gasteiger partial charge < -0.3 is 10.6 Å². The van der Waals surface area contributed by atoms with Gasteiger partial charge in [0.1, 0.15) is 0 Å². The molecule has 0 radical (unpaired) electrons. The van der Waals surface area contributed by atoms with E-state index in [1.165, 1.54) is 12.0 Å². The highest BCUT2D eigenvalue weighted by Crippen LogP contribution is 2.22. The average molecular weight is 303 g/mol. The molecule has 1 amide bonds. The van der Waals surface area contributed by atoms with Gasteiger partial charge in [-0.15, -0.1) is 0 Å². The quantitative estimate of drug-likeness (QED) is 0.877. The zero-order chi connectivity index (χ0) is 16.1. The van der Waals surface area contributed by atoms with E-state index in [1.54, 1.807) is 6.92 Å². The maximum atomic E-state index is 12.3. The third-order valence-corrected chi connectivity index (χ3v) is 4.43. The lowest BCUT2D eigenvalue weighted by atomic mass is 10.1. The van der Waals surface area contributed by atoms with E-state index in [0.29, 0.717) is 6.04 Å². The predicted octanol–water partition coefficient (Wildman–Crippen LogP) is 2.24.